The maximum atomic E-state index is 3.44. The molecule has 0 amide bonds. The SMILES string of the molecule is CC.CC1=C(C)C(C)(C)C(C)N1. The molecule has 1 aliphatic heterocycles. The van der Waals surface area contributed by atoms with Crippen molar-refractivity contribution in [3.05, 3.63) is 11.3 Å². The number of nitrogens with one attached hydrogen (secondary N) is 1. The van der Waals surface area contributed by atoms with Crippen molar-refractivity contribution in [3.8, 4) is 0 Å². The van der Waals surface area contributed by atoms with Gasteiger partial charge in [0.15, 0.2) is 0 Å². The van der Waals surface area contributed by atoms with E-state index in [2.05, 4.69) is 39.9 Å². The van der Waals surface area contributed by atoms with Gasteiger partial charge in [-0.25, -0.2) is 0 Å². The van der Waals surface area contributed by atoms with Gasteiger partial charge in [0.2, 0.25) is 0 Å². The van der Waals surface area contributed by atoms with Gasteiger partial charge in [0.1, 0.15) is 0 Å². The molecule has 1 nitrogen and oxygen atoms in total. The first-order valence-electron chi connectivity index (χ1n) is 4.90. The summed E-state index contributed by atoms with van der Waals surface area (Å²) >= 11 is 0. The fourth-order valence-corrected chi connectivity index (χ4v) is 1.42. The molecule has 1 heteroatoms. The Balaban J connectivity index is 0.000000561. The van der Waals surface area contributed by atoms with Crippen molar-refractivity contribution in [3.63, 3.8) is 0 Å². The largest absolute Gasteiger partial charge is 0.385 e. The smallest absolute Gasteiger partial charge is 0.0318 e. The molecule has 0 spiro atoms. The van der Waals surface area contributed by atoms with Crippen LogP contribution < -0.4 is 5.32 Å². The quantitative estimate of drug-likeness (QED) is 0.586. The predicted octanol–water partition coefficient (Wildman–Crippen LogP) is 3.32. The van der Waals surface area contributed by atoms with E-state index in [-0.39, 0.29) is 0 Å². The summed E-state index contributed by atoms with van der Waals surface area (Å²) in [5.41, 5.74) is 3.21. The van der Waals surface area contributed by atoms with E-state index in [4.69, 9.17) is 0 Å². The first-order valence-corrected chi connectivity index (χ1v) is 4.90. The molecule has 1 heterocycles. The summed E-state index contributed by atoms with van der Waals surface area (Å²) in [6, 6.07) is 0.590. The zero-order chi connectivity index (χ0) is 9.94. The summed E-state index contributed by atoms with van der Waals surface area (Å²) in [5.74, 6) is 0. The summed E-state index contributed by atoms with van der Waals surface area (Å²) < 4.78 is 0. The Morgan fingerprint density at radius 1 is 1.17 bits per heavy atom. The zero-order valence-electron chi connectivity index (χ0n) is 9.58. The van der Waals surface area contributed by atoms with Crippen molar-refractivity contribution >= 4 is 0 Å². The standard InChI is InChI=1S/C9H17N.C2H6/c1-6-7(2)10-8(3)9(6,4)5;1-2/h8,10H,1-5H3;1-2H3. The van der Waals surface area contributed by atoms with E-state index in [1.165, 1.54) is 11.3 Å². The molecule has 0 bridgehead atoms. The van der Waals surface area contributed by atoms with Crippen molar-refractivity contribution in [2.45, 2.75) is 54.5 Å². The fourth-order valence-electron chi connectivity index (χ4n) is 1.42. The lowest BCUT2D eigenvalue weighted by Crippen LogP contribution is -2.31. The maximum absolute atomic E-state index is 3.44. The minimum atomic E-state index is 0.351. The number of hydrogen-bond donors (Lipinski definition) is 1. The summed E-state index contributed by atoms with van der Waals surface area (Å²) in [6.07, 6.45) is 0. The molecule has 0 aromatic rings. The number of hydrogen-bond acceptors (Lipinski definition) is 1. The molecule has 0 saturated carbocycles. The van der Waals surface area contributed by atoms with Crippen molar-refractivity contribution in [1.82, 2.24) is 5.32 Å². The van der Waals surface area contributed by atoms with E-state index in [9.17, 15) is 0 Å². The average molecular weight is 169 g/mol. The third kappa shape index (κ3) is 1.82. The third-order valence-corrected chi connectivity index (χ3v) is 3.04. The Morgan fingerprint density at radius 2 is 1.58 bits per heavy atom. The monoisotopic (exact) mass is 169 g/mol. The molecule has 0 radical (unpaired) electrons. The number of allylic oxidation sites excluding steroid dienone is 1. The summed E-state index contributed by atoms with van der Waals surface area (Å²) in [4.78, 5) is 0. The molecule has 1 unspecified atom stereocenters. The predicted molar refractivity (Wildman–Crippen MR) is 56.1 cm³/mol. The summed E-state index contributed by atoms with van der Waals surface area (Å²) in [6.45, 7) is 15.2. The van der Waals surface area contributed by atoms with Crippen LogP contribution >= 0.6 is 0 Å². The van der Waals surface area contributed by atoms with Gasteiger partial charge in [0.25, 0.3) is 0 Å². The van der Waals surface area contributed by atoms with Crippen molar-refractivity contribution in [1.29, 1.82) is 0 Å². The van der Waals surface area contributed by atoms with E-state index in [0.29, 0.717) is 11.5 Å². The highest BCUT2D eigenvalue weighted by Gasteiger charge is 2.33. The second-order valence-electron chi connectivity index (χ2n) is 3.84. The minimum Gasteiger partial charge on any atom is -0.385 e. The molecule has 72 valence electrons. The lowest BCUT2D eigenvalue weighted by atomic mass is 9.81. The molecule has 0 aromatic carbocycles. The van der Waals surface area contributed by atoms with Crippen LogP contribution in [-0.2, 0) is 0 Å². The van der Waals surface area contributed by atoms with Gasteiger partial charge in [0, 0.05) is 17.2 Å². The lowest BCUT2D eigenvalue weighted by molar-refractivity contribution is 0.367. The van der Waals surface area contributed by atoms with E-state index in [0.717, 1.165) is 0 Å². The first-order chi connectivity index (χ1) is 5.46. The number of rotatable bonds is 0. The second kappa shape index (κ2) is 3.97. The van der Waals surface area contributed by atoms with Crippen molar-refractivity contribution < 1.29 is 0 Å². The summed E-state index contributed by atoms with van der Waals surface area (Å²) in [7, 11) is 0. The molecular formula is C11H23N. The van der Waals surface area contributed by atoms with Gasteiger partial charge in [-0.05, 0) is 26.3 Å². The van der Waals surface area contributed by atoms with Gasteiger partial charge >= 0.3 is 0 Å². The van der Waals surface area contributed by atoms with Crippen LogP contribution in [0.15, 0.2) is 11.3 Å². The van der Waals surface area contributed by atoms with Gasteiger partial charge in [-0.15, -0.1) is 0 Å². The Kier molecular flexibility index (Phi) is 3.82. The van der Waals surface area contributed by atoms with Crippen LogP contribution in [0, 0.1) is 5.41 Å². The normalized spacial score (nSPS) is 26.1. The maximum Gasteiger partial charge on any atom is 0.0318 e. The van der Waals surface area contributed by atoms with Crippen molar-refractivity contribution in [2.75, 3.05) is 0 Å². The second-order valence-corrected chi connectivity index (χ2v) is 3.84. The van der Waals surface area contributed by atoms with E-state index in [1.807, 2.05) is 13.8 Å². The molecule has 1 N–H and O–H groups in total. The topological polar surface area (TPSA) is 12.0 Å². The Bertz CT molecular complexity index is 177. The molecule has 1 rings (SSSR count). The highest BCUT2D eigenvalue weighted by molar-refractivity contribution is 5.25. The molecule has 0 saturated heterocycles. The zero-order valence-corrected chi connectivity index (χ0v) is 9.58. The molecule has 12 heavy (non-hydrogen) atoms. The van der Waals surface area contributed by atoms with Crippen LogP contribution in [0.4, 0.5) is 0 Å². The van der Waals surface area contributed by atoms with Crippen LogP contribution in [0.25, 0.3) is 0 Å². The van der Waals surface area contributed by atoms with Crippen LogP contribution in [0.2, 0.25) is 0 Å². The van der Waals surface area contributed by atoms with Crippen LogP contribution in [0.1, 0.15) is 48.5 Å². The van der Waals surface area contributed by atoms with Gasteiger partial charge < -0.3 is 5.32 Å². The third-order valence-electron chi connectivity index (χ3n) is 3.04. The van der Waals surface area contributed by atoms with E-state index in [1.54, 1.807) is 0 Å². The van der Waals surface area contributed by atoms with Gasteiger partial charge in [-0.1, -0.05) is 27.7 Å². The molecule has 0 aromatic heterocycles. The minimum absolute atomic E-state index is 0.351. The summed E-state index contributed by atoms with van der Waals surface area (Å²) in [5, 5.41) is 3.44. The van der Waals surface area contributed by atoms with Crippen LogP contribution in [0.5, 0.6) is 0 Å². The first kappa shape index (κ1) is 11.5. The average Bonchev–Trinajstić information content (AvgIpc) is 2.20. The molecule has 0 fully saturated rings. The molecule has 1 aliphatic rings. The van der Waals surface area contributed by atoms with E-state index < -0.39 is 0 Å². The Labute approximate surface area is 77.2 Å². The molecule has 0 aliphatic carbocycles. The van der Waals surface area contributed by atoms with Crippen LogP contribution in [-0.4, -0.2) is 6.04 Å². The van der Waals surface area contributed by atoms with Crippen molar-refractivity contribution in [2.24, 2.45) is 5.41 Å². The molecular weight excluding hydrogens is 146 g/mol. The Hall–Kier alpha value is -0.460. The van der Waals surface area contributed by atoms with Gasteiger partial charge in [0.05, 0.1) is 0 Å². The van der Waals surface area contributed by atoms with Gasteiger partial charge in [-0.2, -0.15) is 0 Å². The Morgan fingerprint density at radius 3 is 1.67 bits per heavy atom. The van der Waals surface area contributed by atoms with Crippen LogP contribution in [0.3, 0.4) is 0 Å². The molecule has 1 atom stereocenters. The van der Waals surface area contributed by atoms with Gasteiger partial charge in [-0.3, -0.25) is 0 Å². The highest BCUT2D eigenvalue weighted by atomic mass is 15.0. The highest BCUT2D eigenvalue weighted by Crippen LogP contribution is 2.36. The fraction of sp³-hybridized carbons (Fsp3) is 0.818. The lowest BCUT2D eigenvalue weighted by Gasteiger charge is -2.25. The van der Waals surface area contributed by atoms with E-state index >= 15 is 0 Å².